The highest BCUT2D eigenvalue weighted by Gasteiger charge is 2.32. The van der Waals surface area contributed by atoms with Gasteiger partial charge in [-0.25, -0.2) is 4.79 Å². The molecule has 0 fully saturated rings. The van der Waals surface area contributed by atoms with E-state index in [9.17, 15) is 24.0 Å². The first-order chi connectivity index (χ1) is 17.2. The number of carbonyl (C=O) groups is 5. The highest BCUT2D eigenvalue weighted by Crippen LogP contribution is 2.30. The van der Waals surface area contributed by atoms with Crippen molar-refractivity contribution in [1.82, 2.24) is 9.88 Å². The lowest BCUT2D eigenvalue weighted by Gasteiger charge is -2.27. The predicted molar refractivity (Wildman–Crippen MR) is 130 cm³/mol. The number of hydrogen-bond donors (Lipinski definition) is 1. The molecule has 36 heavy (non-hydrogen) atoms. The molecule has 186 valence electrons. The summed E-state index contributed by atoms with van der Waals surface area (Å²) >= 11 is 0. The topological polar surface area (TPSA) is 123 Å². The molecule has 2 heterocycles. The van der Waals surface area contributed by atoms with E-state index in [1.807, 2.05) is 12.1 Å². The van der Waals surface area contributed by atoms with E-state index in [1.54, 1.807) is 45.0 Å². The van der Waals surface area contributed by atoms with Gasteiger partial charge in [0.2, 0.25) is 5.78 Å². The lowest BCUT2D eigenvalue weighted by atomic mass is 9.94. The molecule has 1 aromatic heterocycles. The standard InChI is InChI=1S/C27H26N2O7/c1-4-35-27(34)23-16(3)28-15(2)22(23)20(30)14-36-21(31)12-7-13-29-25(32)18-10-5-8-17-9-6-11-19(24(17)18)26(29)33/h5-6,8-11,28H,4,7,12-14H2,1-3H3. The van der Waals surface area contributed by atoms with E-state index in [4.69, 9.17) is 9.47 Å². The van der Waals surface area contributed by atoms with Crippen LogP contribution < -0.4 is 0 Å². The maximum absolute atomic E-state index is 12.9. The van der Waals surface area contributed by atoms with Crippen LogP contribution in [0.3, 0.4) is 0 Å². The van der Waals surface area contributed by atoms with Gasteiger partial charge in [-0.3, -0.25) is 24.1 Å². The van der Waals surface area contributed by atoms with Crippen molar-refractivity contribution in [2.24, 2.45) is 0 Å². The van der Waals surface area contributed by atoms with Crippen molar-refractivity contribution in [3.05, 3.63) is 70.0 Å². The third-order valence-corrected chi connectivity index (χ3v) is 6.12. The normalized spacial score (nSPS) is 12.7. The second kappa shape index (κ2) is 10.2. The van der Waals surface area contributed by atoms with E-state index in [0.717, 1.165) is 10.3 Å². The lowest BCUT2D eigenvalue weighted by molar-refractivity contribution is -0.142. The number of imide groups is 1. The number of esters is 2. The van der Waals surface area contributed by atoms with Crippen molar-refractivity contribution in [1.29, 1.82) is 0 Å². The summed E-state index contributed by atoms with van der Waals surface area (Å²) < 4.78 is 10.1. The molecule has 4 rings (SSSR count). The Morgan fingerprint density at radius 3 is 2.11 bits per heavy atom. The van der Waals surface area contributed by atoms with Gasteiger partial charge in [0.1, 0.15) is 0 Å². The molecule has 0 bridgehead atoms. The minimum Gasteiger partial charge on any atom is -0.462 e. The second-order valence-corrected chi connectivity index (χ2v) is 8.50. The van der Waals surface area contributed by atoms with Gasteiger partial charge in [0.15, 0.2) is 6.61 Å². The first-order valence-electron chi connectivity index (χ1n) is 11.7. The van der Waals surface area contributed by atoms with Crippen LogP contribution in [0.1, 0.15) is 72.6 Å². The largest absolute Gasteiger partial charge is 0.462 e. The highest BCUT2D eigenvalue weighted by atomic mass is 16.5. The summed E-state index contributed by atoms with van der Waals surface area (Å²) in [6, 6.07) is 10.6. The number of amides is 2. The molecule has 0 saturated heterocycles. The van der Waals surface area contributed by atoms with Crippen LogP contribution in [0.15, 0.2) is 36.4 Å². The number of ketones is 1. The van der Waals surface area contributed by atoms with Crippen LogP contribution in [0.5, 0.6) is 0 Å². The van der Waals surface area contributed by atoms with Crippen molar-refractivity contribution in [3.8, 4) is 0 Å². The zero-order valence-electron chi connectivity index (χ0n) is 20.3. The Kier molecular flexibility index (Phi) is 7.00. The Labute approximate surface area is 207 Å². The third-order valence-electron chi connectivity index (χ3n) is 6.12. The van der Waals surface area contributed by atoms with Gasteiger partial charge in [-0.05, 0) is 44.7 Å². The van der Waals surface area contributed by atoms with Crippen molar-refractivity contribution in [2.45, 2.75) is 33.6 Å². The van der Waals surface area contributed by atoms with Crippen LogP contribution in [-0.4, -0.2) is 59.2 Å². The molecule has 0 radical (unpaired) electrons. The van der Waals surface area contributed by atoms with Crippen LogP contribution in [-0.2, 0) is 14.3 Å². The van der Waals surface area contributed by atoms with Crippen LogP contribution in [0.25, 0.3) is 10.8 Å². The number of aromatic amines is 1. The maximum atomic E-state index is 12.9. The number of Topliss-reactive ketones (excluding diaryl/α,β-unsaturated/α-hetero) is 1. The molecular formula is C27H26N2O7. The molecule has 0 unspecified atom stereocenters. The number of benzene rings is 2. The molecule has 2 amide bonds. The van der Waals surface area contributed by atoms with E-state index >= 15 is 0 Å². The van der Waals surface area contributed by atoms with Gasteiger partial charge in [0.05, 0.1) is 17.7 Å². The van der Waals surface area contributed by atoms with E-state index in [-0.39, 0.29) is 37.1 Å². The van der Waals surface area contributed by atoms with Crippen LogP contribution in [0.2, 0.25) is 0 Å². The molecule has 0 spiro atoms. The number of carbonyl (C=O) groups excluding carboxylic acids is 5. The first-order valence-corrected chi connectivity index (χ1v) is 11.7. The number of hydrogen-bond acceptors (Lipinski definition) is 7. The average Bonchev–Trinajstić information content (AvgIpc) is 3.16. The van der Waals surface area contributed by atoms with Gasteiger partial charge in [-0.2, -0.15) is 0 Å². The van der Waals surface area contributed by atoms with Gasteiger partial charge in [-0.1, -0.05) is 24.3 Å². The van der Waals surface area contributed by atoms with E-state index < -0.39 is 36.1 Å². The van der Waals surface area contributed by atoms with Crippen molar-refractivity contribution in [3.63, 3.8) is 0 Å². The first kappa shape index (κ1) is 24.8. The fourth-order valence-electron chi connectivity index (χ4n) is 4.54. The van der Waals surface area contributed by atoms with Gasteiger partial charge < -0.3 is 14.5 Å². The maximum Gasteiger partial charge on any atom is 0.340 e. The van der Waals surface area contributed by atoms with E-state index in [1.165, 1.54) is 0 Å². The predicted octanol–water partition coefficient (Wildman–Crippen LogP) is 3.76. The zero-order chi connectivity index (χ0) is 26.0. The summed E-state index contributed by atoms with van der Waals surface area (Å²) in [4.78, 5) is 67.2. The SMILES string of the molecule is CCOC(=O)c1c(C)[nH]c(C)c1C(=O)COC(=O)CCCN1C(=O)c2cccc3cccc(c23)C1=O. The lowest BCUT2D eigenvalue weighted by Crippen LogP contribution is -2.41. The minimum absolute atomic E-state index is 0.0363. The Morgan fingerprint density at radius 2 is 1.50 bits per heavy atom. The number of aromatic nitrogens is 1. The number of ether oxygens (including phenoxy) is 2. The van der Waals surface area contributed by atoms with Crippen LogP contribution in [0.4, 0.5) is 0 Å². The van der Waals surface area contributed by atoms with Gasteiger partial charge in [-0.15, -0.1) is 0 Å². The third kappa shape index (κ3) is 4.51. The quantitative estimate of drug-likeness (QED) is 0.275. The smallest absolute Gasteiger partial charge is 0.340 e. The van der Waals surface area contributed by atoms with E-state index in [0.29, 0.717) is 27.9 Å². The van der Waals surface area contributed by atoms with Crippen LogP contribution >= 0.6 is 0 Å². The van der Waals surface area contributed by atoms with Gasteiger partial charge >= 0.3 is 11.9 Å². The minimum atomic E-state index is -0.648. The van der Waals surface area contributed by atoms with Crippen LogP contribution in [0, 0.1) is 13.8 Å². The molecule has 3 aromatic rings. The van der Waals surface area contributed by atoms with E-state index in [2.05, 4.69) is 4.98 Å². The van der Waals surface area contributed by atoms with Crippen molar-refractivity contribution >= 4 is 40.3 Å². The molecule has 0 atom stereocenters. The summed E-state index contributed by atoms with van der Waals surface area (Å²) in [5.41, 5.74) is 2.14. The molecule has 9 nitrogen and oxygen atoms in total. The monoisotopic (exact) mass is 490 g/mol. The Hall–Kier alpha value is -4.27. The summed E-state index contributed by atoms with van der Waals surface area (Å²) in [6.45, 7) is 4.63. The molecule has 1 aliphatic heterocycles. The molecule has 0 aliphatic carbocycles. The molecule has 1 aliphatic rings. The summed E-state index contributed by atoms with van der Waals surface area (Å²) in [7, 11) is 0. The number of nitrogens with zero attached hydrogens (tertiary/aromatic N) is 1. The molecule has 1 N–H and O–H groups in total. The van der Waals surface area contributed by atoms with Gasteiger partial charge in [0, 0.05) is 40.9 Å². The fourth-order valence-corrected chi connectivity index (χ4v) is 4.54. The van der Waals surface area contributed by atoms with Gasteiger partial charge in [0.25, 0.3) is 11.8 Å². The molecule has 0 saturated carbocycles. The summed E-state index contributed by atoms with van der Waals surface area (Å²) in [5.74, 6) is -2.61. The van der Waals surface area contributed by atoms with Crippen molar-refractivity contribution < 1.29 is 33.4 Å². The Bertz CT molecular complexity index is 1350. The number of nitrogens with one attached hydrogen (secondary N) is 1. The zero-order valence-corrected chi connectivity index (χ0v) is 20.3. The fraction of sp³-hybridized carbons (Fsp3) is 0.296. The highest BCUT2D eigenvalue weighted by molar-refractivity contribution is 6.25. The summed E-state index contributed by atoms with van der Waals surface area (Å²) in [6.07, 6.45) is 0.0884. The Balaban J connectivity index is 1.35. The molecule has 9 heteroatoms. The molecule has 2 aromatic carbocycles. The summed E-state index contributed by atoms with van der Waals surface area (Å²) in [5, 5.41) is 1.46. The van der Waals surface area contributed by atoms with Crippen molar-refractivity contribution in [2.75, 3.05) is 19.8 Å². The number of rotatable bonds is 9. The second-order valence-electron chi connectivity index (χ2n) is 8.50. The Morgan fingerprint density at radius 1 is 0.889 bits per heavy atom. The number of H-pyrrole nitrogens is 1. The molecular weight excluding hydrogens is 464 g/mol. The average molecular weight is 491 g/mol. The number of aryl methyl sites for hydroxylation is 2.